The third-order valence-electron chi connectivity index (χ3n) is 3.81. The summed E-state index contributed by atoms with van der Waals surface area (Å²) in [5, 5.41) is 5.34. The van der Waals surface area contributed by atoms with Gasteiger partial charge in [0.1, 0.15) is 6.54 Å². The van der Waals surface area contributed by atoms with Crippen LogP contribution in [0, 0.1) is 0 Å². The quantitative estimate of drug-likeness (QED) is 0.777. The first-order chi connectivity index (χ1) is 11.1. The first-order valence-electron chi connectivity index (χ1n) is 7.89. The van der Waals surface area contributed by atoms with Crippen LogP contribution in [0.4, 0.5) is 0 Å². The van der Waals surface area contributed by atoms with Crippen molar-refractivity contribution in [3.8, 4) is 0 Å². The highest BCUT2D eigenvalue weighted by Gasteiger charge is 2.23. The van der Waals surface area contributed by atoms with Gasteiger partial charge in [0.15, 0.2) is 6.10 Å². The molecule has 2 rings (SSSR count). The van der Waals surface area contributed by atoms with Crippen LogP contribution < -0.4 is 10.6 Å². The van der Waals surface area contributed by atoms with Crippen molar-refractivity contribution in [1.29, 1.82) is 0 Å². The molecular formula is C17H22N2O4. The van der Waals surface area contributed by atoms with Gasteiger partial charge in [-0.05, 0) is 31.9 Å². The number of ether oxygens (including phenoxy) is 1. The van der Waals surface area contributed by atoms with Crippen molar-refractivity contribution < 1.29 is 19.1 Å². The summed E-state index contributed by atoms with van der Waals surface area (Å²) < 4.78 is 5.04. The van der Waals surface area contributed by atoms with Crippen molar-refractivity contribution in [2.75, 3.05) is 6.54 Å². The Morgan fingerprint density at radius 2 is 1.83 bits per heavy atom. The summed E-state index contributed by atoms with van der Waals surface area (Å²) in [5.41, 5.74) is 0.465. The molecule has 0 aliphatic heterocycles. The number of carbonyl (C=O) groups is 3. The van der Waals surface area contributed by atoms with E-state index < -0.39 is 12.1 Å². The maximum Gasteiger partial charge on any atom is 0.326 e. The van der Waals surface area contributed by atoms with E-state index in [-0.39, 0.29) is 24.4 Å². The lowest BCUT2D eigenvalue weighted by molar-refractivity contribution is -0.154. The molecule has 124 valence electrons. The number of esters is 1. The highest BCUT2D eigenvalue weighted by Crippen LogP contribution is 2.17. The molecule has 1 atom stereocenters. The second-order valence-electron chi connectivity index (χ2n) is 5.67. The molecule has 0 radical (unpaired) electrons. The fourth-order valence-corrected chi connectivity index (χ4v) is 2.53. The monoisotopic (exact) mass is 318 g/mol. The molecule has 1 fully saturated rings. The van der Waals surface area contributed by atoms with Crippen LogP contribution in [0.3, 0.4) is 0 Å². The summed E-state index contributed by atoms with van der Waals surface area (Å²) in [6, 6.07) is 8.76. The maximum atomic E-state index is 11.9. The smallest absolute Gasteiger partial charge is 0.326 e. The fraction of sp³-hybridized carbons (Fsp3) is 0.471. The molecule has 1 aromatic rings. The zero-order valence-electron chi connectivity index (χ0n) is 13.2. The Morgan fingerprint density at radius 3 is 2.48 bits per heavy atom. The van der Waals surface area contributed by atoms with Crippen LogP contribution >= 0.6 is 0 Å². The summed E-state index contributed by atoms with van der Waals surface area (Å²) in [6.07, 6.45) is 3.31. The van der Waals surface area contributed by atoms with Crippen LogP contribution in [0.5, 0.6) is 0 Å². The van der Waals surface area contributed by atoms with E-state index in [9.17, 15) is 14.4 Å². The average Bonchev–Trinajstić information content (AvgIpc) is 3.06. The third kappa shape index (κ3) is 5.39. The number of carbonyl (C=O) groups excluding carboxylic acids is 3. The summed E-state index contributed by atoms with van der Waals surface area (Å²) in [5.74, 6) is -1.28. The van der Waals surface area contributed by atoms with Gasteiger partial charge in [0.25, 0.3) is 11.8 Å². The molecule has 6 heteroatoms. The van der Waals surface area contributed by atoms with Gasteiger partial charge in [-0.25, -0.2) is 0 Å². The van der Waals surface area contributed by atoms with E-state index in [0.717, 1.165) is 25.7 Å². The van der Waals surface area contributed by atoms with E-state index in [1.54, 1.807) is 30.3 Å². The standard InChI is InChI=1S/C17H22N2O4/c1-12(16(21)19-14-9-5-6-10-14)23-15(20)11-18-17(22)13-7-3-2-4-8-13/h2-4,7-8,12,14H,5-6,9-11H2,1H3,(H,18,22)(H,19,21)/t12-/m0/s1. The lowest BCUT2D eigenvalue weighted by Gasteiger charge is -2.17. The van der Waals surface area contributed by atoms with Gasteiger partial charge in [-0.2, -0.15) is 0 Å². The summed E-state index contributed by atoms with van der Waals surface area (Å²) in [7, 11) is 0. The molecule has 0 spiro atoms. The van der Waals surface area contributed by atoms with Crippen molar-refractivity contribution in [2.24, 2.45) is 0 Å². The molecule has 0 bridgehead atoms. The minimum absolute atomic E-state index is 0.182. The molecule has 1 aliphatic rings. The fourth-order valence-electron chi connectivity index (χ4n) is 2.53. The molecule has 2 amide bonds. The van der Waals surface area contributed by atoms with E-state index in [0.29, 0.717) is 5.56 Å². The van der Waals surface area contributed by atoms with Gasteiger partial charge < -0.3 is 15.4 Å². The highest BCUT2D eigenvalue weighted by atomic mass is 16.5. The zero-order valence-corrected chi connectivity index (χ0v) is 13.2. The molecule has 1 aliphatic carbocycles. The van der Waals surface area contributed by atoms with E-state index in [1.165, 1.54) is 6.92 Å². The predicted octanol–water partition coefficient (Wildman–Crippen LogP) is 1.41. The van der Waals surface area contributed by atoms with E-state index in [4.69, 9.17) is 4.74 Å². The topological polar surface area (TPSA) is 84.5 Å². The Morgan fingerprint density at radius 1 is 1.17 bits per heavy atom. The van der Waals surface area contributed by atoms with Crippen LogP contribution in [-0.4, -0.2) is 36.5 Å². The SMILES string of the molecule is C[C@H](OC(=O)CNC(=O)c1ccccc1)C(=O)NC1CCCC1. The number of rotatable bonds is 6. The van der Waals surface area contributed by atoms with Gasteiger partial charge in [-0.15, -0.1) is 0 Å². The van der Waals surface area contributed by atoms with E-state index >= 15 is 0 Å². The summed E-state index contributed by atoms with van der Waals surface area (Å²) in [4.78, 5) is 35.4. The minimum Gasteiger partial charge on any atom is -0.451 e. The number of hydrogen-bond acceptors (Lipinski definition) is 4. The van der Waals surface area contributed by atoms with Gasteiger partial charge in [0.2, 0.25) is 0 Å². The largest absolute Gasteiger partial charge is 0.451 e. The van der Waals surface area contributed by atoms with Crippen molar-refractivity contribution in [3.63, 3.8) is 0 Å². The Balaban J connectivity index is 1.71. The zero-order chi connectivity index (χ0) is 16.7. The minimum atomic E-state index is -0.864. The second kappa shape index (κ2) is 8.31. The number of amides is 2. The predicted molar refractivity (Wildman–Crippen MR) is 84.7 cm³/mol. The molecule has 1 saturated carbocycles. The van der Waals surface area contributed by atoms with Crippen LogP contribution in [-0.2, 0) is 14.3 Å². The van der Waals surface area contributed by atoms with Crippen LogP contribution in [0.2, 0.25) is 0 Å². The molecule has 0 saturated heterocycles. The van der Waals surface area contributed by atoms with E-state index in [2.05, 4.69) is 10.6 Å². The number of hydrogen-bond donors (Lipinski definition) is 2. The van der Waals surface area contributed by atoms with Crippen molar-refractivity contribution in [3.05, 3.63) is 35.9 Å². The molecule has 0 heterocycles. The van der Waals surface area contributed by atoms with Gasteiger partial charge in [0, 0.05) is 11.6 Å². The van der Waals surface area contributed by atoms with E-state index in [1.807, 2.05) is 0 Å². The second-order valence-corrected chi connectivity index (χ2v) is 5.67. The Hall–Kier alpha value is -2.37. The molecule has 1 aromatic carbocycles. The molecule has 0 aromatic heterocycles. The molecule has 23 heavy (non-hydrogen) atoms. The lowest BCUT2D eigenvalue weighted by atomic mass is 10.2. The average molecular weight is 318 g/mol. The van der Waals surface area contributed by atoms with Crippen LogP contribution in [0.1, 0.15) is 43.0 Å². The van der Waals surface area contributed by atoms with Gasteiger partial charge in [-0.3, -0.25) is 14.4 Å². The summed E-state index contributed by atoms with van der Waals surface area (Å²) >= 11 is 0. The molecule has 2 N–H and O–H groups in total. The molecule has 0 unspecified atom stereocenters. The molecule has 6 nitrogen and oxygen atoms in total. The van der Waals surface area contributed by atoms with Crippen molar-refractivity contribution >= 4 is 17.8 Å². The highest BCUT2D eigenvalue weighted by molar-refractivity contribution is 5.96. The third-order valence-corrected chi connectivity index (χ3v) is 3.81. The van der Waals surface area contributed by atoms with Gasteiger partial charge >= 0.3 is 5.97 Å². The number of nitrogens with one attached hydrogen (secondary N) is 2. The van der Waals surface area contributed by atoms with Crippen LogP contribution in [0.25, 0.3) is 0 Å². The van der Waals surface area contributed by atoms with Crippen molar-refractivity contribution in [2.45, 2.75) is 44.8 Å². The van der Waals surface area contributed by atoms with Gasteiger partial charge in [0.05, 0.1) is 0 Å². The van der Waals surface area contributed by atoms with Crippen LogP contribution in [0.15, 0.2) is 30.3 Å². The summed E-state index contributed by atoms with van der Waals surface area (Å²) in [6.45, 7) is 1.26. The first kappa shape index (κ1) is 17.0. The first-order valence-corrected chi connectivity index (χ1v) is 7.89. The Kier molecular flexibility index (Phi) is 6.14. The maximum absolute atomic E-state index is 11.9. The Bertz CT molecular complexity index is 553. The Labute approximate surface area is 135 Å². The number of benzene rings is 1. The molecular weight excluding hydrogens is 296 g/mol. The van der Waals surface area contributed by atoms with Gasteiger partial charge in [-0.1, -0.05) is 31.0 Å². The lowest BCUT2D eigenvalue weighted by Crippen LogP contribution is -2.42. The van der Waals surface area contributed by atoms with Crippen molar-refractivity contribution in [1.82, 2.24) is 10.6 Å². The normalized spacial score (nSPS) is 15.7.